The van der Waals surface area contributed by atoms with Crippen molar-refractivity contribution < 1.29 is 49.1 Å². The molecule has 0 aromatic carbocycles. The number of rotatable bonds is 16. The number of aliphatic hydroxyl groups excluding tert-OH is 4. The smallest absolute Gasteiger partial charge is 0.331 e. The van der Waals surface area contributed by atoms with Crippen molar-refractivity contribution in [3.8, 4) is 0 Å². The summed E-state index contributed by atoms with van der Waals surface area (Å²) in [6.07, 6.45) is 14.3. The highest BCUT2D eigenvalue weighted by atomic mass is 16.5. The zero-order valence-electron chi connectivity index (χ0n) is 32.7. The standard InChI is InChI=1S/C42H64O10/c1-11-33(31(9)43)21-23-35(45)27(5)39(49)29(7)41-25(3)17-13-15-20-38(48)52-42(26(4)18-14-16-19-37(47)51-41)30(8)40(50)28(6)36(46)24-22-34(12-2)32(10)44/h13-34,39-44,49-50H,11-12H2,1-10H3/b17-13-,18-14+,19-16+,20-15+,23-21+,24-22+/t25-,26-,27+,28+,29-,30-,31+,32+,33-,34-,39-,40-,41-,42-/m0/s1. The third-order valence-corrected chi connectivity index (χ3v) is 10.3. The van der Waals surface area contributed by atoms with Crippen molar-refractivity contribution in [2.75, 3.05) is 0 Å². The van der Waals surface area contributed by atoms with Crippen LogP contribution in [0.15, 0.2) is 72.9 Å². The molecule has 4 N–H and O–H groups in total. The number of hydrogen-bond donors (Lipinski definition) is 4. The molecule has 52 heavy (non-hydrogen) atoms. The molecule has 14 atom stereocenters. The molecule has 0 aromatic rings. The summed E-state index contributed by atoms with van der Waals surface area (Å²) in [6.45, 7) is 17.4. The first-order chi connectivity index (χ1) is 24.4. The number of esters is 2. The molecule has 0 fully saturated rings. The highest BCUT2D eigenvalue weighted by molar-refractivity contribution is 5.92. The van der Waals surface area contributed by atoms with Crippen molar-refractivity contribution in [1.29, 1.82) is 0 Å². The maximum Gasteiger partial charge on any atom is 0.331 e. The van der Waals surface area contributed by atoms with Crippen LogP contribution in [0.2, 0.25) is 0 Å². The molecule has 0 amide bonds. The van der Waals surface area contributed by atoms with Gasteiger partial charge in [-0.3, -0.25) is 9.59 Å². The molecule has 0 unspecified atom stereocenters. The summed E-state index contributed by atoms with van der Waals surface area (Å²) in [6, 6.07) is 0. The van der Waals surface area contributed by atoms with Gasteiger partial charge in [0.05, 0.1) is 24.4 Å². The normalized spacial score (nSPS) is 29.0. The molecule has 0 bridgehead atoms. The Labute approximate surface area is 311 Å². The quantitative estimate of drug-likeness (QED) is 0.115. The first kappa shape index (κ1) is 46.6. The fourth-order valence-corrected chi connectivity index (χ4v) is 6.35. The Bertz CT molecular complexity index is 1220. The molecule has 1 aliphatic heterocycles. The van der Waals surface area contributed by atoms with Crippen LogP contribution >= 0.6 is 0 Å². The highest BCUT2D eigenvalue weighted by Gasteiger charge is 2.37. The summed E-state index contributed by atoms with van der Waals surface area (Å²) in [5.41, 5.74) is 0. The lowest BCUT2D eigenvalue weighted by atomic mass is 9.82. The molecule has 1 heterocycles. The predicted molar refractivity (Wildman–Crippen MR) is 203 cm³/mol. The summed E-state index contributed by atoms with van der Waals surface area (Å²) in [5, 5.41) is 42.3. The molecule has 10 nitrogen and oxygen atoms in total. The Morgan fingerprint density at radius 1 is 0.635 bits per heavy atom. The molecule has 0 spiro atoms. The van der Waals surface area contributed by atoms with E-state index in [0.717, 1.165) is 0 Å². The van der Waals surface area contributed by atoms with Gasteiger partial charge in [0.25, 0.3) is 0 Å². The van der Waals surface area contributed by atoms with E-state index in [1.165, 1.54) is 36.5 Å². The van der Waals surface area contributed by atoms with Gasteiger partial charge in [-0.15, -0.1) is 0 Å². The monoisotopic (exact) mass is 728 g/mol. The van der Waals surface area contributed by atoms with Crippen molar-refractivity contribution in [1.82, 2.24) is 0 Å². The van der Waals surface area contributed by atoms with Gasteiger partial charge in [0.1, 0.15) is 12.2 Å². The van der Waals surface area contributed by atoms with Gasteiger partial charge in [0.15, 0.2) is 11.6 Å². The second-order valence-corrected chi connectivity index (χ2v) is 14.4. The maximum atomic E-state index is 13.0. The minimum absolute atomic E-state index is 0.191. The van der Waals surface area contributed by atoms with E-state index in [9.17, 15) is 39.6 Å². The van der Waals surface area contributed by atoms with Crippen LogP contribution < -0.4 is 0 Å². The summed E-state index contributed by atoms with van der Waals surface area (Å²) in [4.78, 5) is 51.9. The van der Waals surface area contributed by atoms with E-state index < -0.39 is 84.1 Å². The number of aliphatic hydroxyl groups is 4. The number of ketones is 2. The predicted octanol–water partition coefficient (Wildman–Crippen LogP) is 5.65. The zero-order chi connectivity index (χ0) is 39.7. The van der Waals surface area contributed by atoms with E-state index in [-0.39, 0.29) is 23.4 Å². The van der Waals surface area contributed by atoms with Crippen LogP contribution in [0.25, 0.3) is 0 Å². The fourth-order valence-electron chi connectivity index (χ4n) is 6.35. The molecule has 0 aliphatic carbocycles. The third kappa shape index (κ3) is 14.9. The van der Waals surface area contributed by atoms with Gasteiger partial charge in [-0.05, 0) is 38.8 Å². The molecule has 0 saturated carbocycles. The Hall–Kier alpha value is -3.44. The number of ether oxygens (including phenoxy) is 2. The summed E-state index contributed by atoms with van der Waals surface area (Å²) < 4.78 is 11.7. The average Bonchev–Trinajstić information content (AvgIpc) is 3.10. The molecular weight excluding hydrogens is 664 g/mol. The number of cyclic esters (lactones) is 2. The topological polar surface area (TPSA) is 168 Å². The maximum absolute atomic E-state index is 13.0. The van der Waals surface area contributed by atoms with Gasteiger partial charge in [-0.1, -0.05) is 104 Å². The second-order valence-electron chi connectivity index (χ2n) is 14.4. The zero-order valence-corrected chi connectivity index (χ0v) is 32.7. The van der Waals surface area contributed by atoms with E-state index in [1.54, 1.807) is 91.8 Å². The van der Waals surface area contributed by atoms with Crippen molar-refractivity contribution >= 4 is 23.5 Å². The molecule has 292 valence electrons. The number of hydrogen-bond acceptors (Lipinski definition) is 10. The van der Waals surface area contributed by atoms with Crippen molar-refractivity contribution in [3.05, 3.63) is 72.9 Å². The molecule has 0 saturated heterocycles. The Kier molecular flexibility index (Phi) is 20.8. The molecule has 1 rings (SSSR count). The van der Waals surface area contributed by atoms with Crippen LogP contribution in [-0.2, 0) is 28.7 Å². The molecule has 0 radical (unpaired) electrons. The molecular formula is C42H64O10. The minimum Gasteiger partial charge on any atom is -0.458 e. The van der Waals surface area contributed by atoms with E-state index in [0.29, 0.717) is 12.8 Å². The Morgan fingerprint density at radius 3 is 1.25 bits per heavy atom. The van der Waals surface area contributed by atoms with Crippen LogP contribution in [0.5, 0.6) is 0 Å². The number of carbonyl (C=O) groups excluding carboxylic acids is 4. The van der Waals surface area contributed by atoms with Gasteiger partial charge in [0.2, 0.25) is 0 Å². The molecule has 0 aromatic heterocycles. The van der Waals surface area contributed by atoms with Crippen LogP contribution in [0.1, 0.15) is 82.1 Å². The van der Waals surface area contributed by atoms with E-state index >= 15 is 0 Å². The van der Waals surface area contributed by atoms with Crippen LogP contribution in [0, 0.1) is 47.3 Å². The van der Waals surface area contributed by atoms with Crippen molar-refractivity contribution in [3.63, 3.8) is 0 Å². The van der Waals surface area contributed by atoms with Gasteiger partial charge in [0, 0.05) is 59.5 Å². The largest absolute Gasteiger partial charge is 0.458 e. The Balaban J connectivity index is 3.25. The molecule has 10 heteroatoms. The van der Waals surface area contributed by atoms with Gasteiger partial charge in [-0.2, -0.15) is 0 Å². The highest BCUT2D eigenvalue weighted by Crippen LogP contribution is 2.28. The third-order valence-electron chi connectivity index (χ3n) is 10.3. The van der Waals surface area contributed by atoms with Gasteiger partial charge in [-0.25, -0.2) is 9.59 Å². The lowest BCUT2D eigenvalue weighted by Crippen LogP contribution is -2.41. The first-order valence-corrected chi connectivity index (χ1v) is 18.6. The molecule has 1 aliphatic rings. The van der Waals surface area contributed by atoms with E-state index in [2.05, 4.69) is 0 Å². The van der Waals surface area contributed by atoms with Crippen LogP contribution in [0.3, 0.4) is 0 Å². The summed E-state index contributed by atoms with van der Waals surface area (Å²) in [5.74, 6) is -6.11. The number of carbonyl (C=O) groups is 4. The lowest BCUT2D eigenvalue weighted by Gasteiger charge is -2.33. The van der Waals surface area contributed by atoms with E-state index in [1.807, 2.05) is 13.8 Å². The first-order valence-electron chi connectivity index (χ1n) is 18.6. The van der Waals surface area contributed by atoms with Crippen molar-refractivity contribution in [2.24, 2.45) is 47.3 Å². The number of allylic oxidation sites excluding steroid dienone is 6. The summed E-state index contributed by atoms with van der Waals surface area (Å²) in [7, 11) is 0. The van der Waals surface area contributed by atoms with Gasteiger partial charge < -0.3 is 29.9 Å². The summed E-state index contributed by atoms with van der Waals surface area (Å²) >= 11 is 0. The van der Waals surface area contributed by atoms with E-state index in [4.69, 9.17) is 9.47 Å². The van der Waals surface area contributed by atoms with Crippen molar-refractivity contribution in [2.45, 2.75) is 119 Å². The van der Waals surface area contributed by atoms with Crippen LogP contribution in [0.4, 0.5) is 0 Å². The average molecular weight is 729 g/mol. The Morgan fingerprint density at radius 2 is 0.962 bits per heavy atom. The second kappa shape index (κ2) is 23.3. The lowest BCUT2D eigenvalue weighted by molar-refractivity contribution is -0.152. The van der Waals surface area contributed by atoms with Crippen LogP contribution in [-0.4, -0.2) is 80.6 Å². The van der Waals surface area contributed by atoms with Gasteiger partial charge >= 0.3 is 11.9 Å². The minimum atomic E-state index is -1.15. The fraction of sp³-hybridized carbons (Fsp3) is 0.619. The SMILES string of the molecule is CC[C@@H](/C=C/C(=O)[C@@H](C)[C@H](O)[C@H](C)[C@H]1OC(=O)/C=C/C=C/[C@H](C)[C@@H]([C@@H](C)[C@@H](O)[C@H](C)C(=O)/C=C/[C@H](CC)[C@@H](C)O)OC(=O)/C=C/C=C\[C@@H]1C)[C@@H](C)O.